The number of ether oxygens (including phenoxy) is 1. The van der Waals surface area contributed by atoms with E-state index in [9.17, 15) is 10.1 Å². The van der Waals surface area contributed by atoms with E-state index in [1.807, 2.05) is 54.6 Å². The minimum atomic E-state index is -0.320. The summed E-state index contributed by atoms with van der Waals surface area (Å²) >= 11 is 0. The Kier molecular flexibility index (Phi) is 6.24. The number of hydrogen-bond acceptors (Lipinski definition) is 9. The van der Waals surface area contributed by atoms with Crippen LogP contribution in [0.25, 0.3) is 38.6 Å². The molecule has 6 aromatic rings. The van der Waals surface area contributed by atoms with Crippen molar-refractivity contribution in [1.29, 1.82) is 5.26 Å². The average molecular weight is 553 g/mol. The summed E-state index contributed by atoms with van der Waals surface area (Å²) in [6.07, 6.45) is 6.75. The van der Waals surface area contributed by atoms with E-state index in [0.29, 0.717) is 44.9 Å². The van der Waals surface area contributed by atoms with Gasteiger partial charge in [0.1, 0.15) is 18.0 Å². The zero-order valence-electron chi connectivity index (χ0n) is 22.6. The van der Waals surface area contributed by atoms with Crippen molar-refractivity contribution in [2.24, 2.45) is 5.92 Å². The lowest BCUT2D eigenvalue weighted by Crippen LogP contribution is -2.29. The highest BCUT2D eigenvalue weighted by atomic mass is 16.5. The Balaban J connectivity index is 1.45. The third kappa shape index (κ3) is 4.47. The molecule has 1 atom stereocenters. The van der Waals surface area contributed by atoms with Gasteiger partial charge >= 0.3 is 6.01 Å². The first-order valence-corrected chi connectivity index (χ1v) is 13.5. The molecule has 0 aliphatic heterocycles. The number of hydrogen-bond donors (Lipinski definition) is 1. The summed E-state index contributed by atoms with van der Waals surface area (Å²) in [6.45, 7) is 0. The molecule has 1 saturated carbocycles. The SMILES string of the molecule is COc1ncc(-c2cccc3nc(C(Nc4ncnc5ccc(C#N)cc45)C4CC4)n(-c4ccccc4)c(=O)c23)cn1. The summed E-state index contributed by atoms with van der Waals surface area (Å²) in [4.78, 5) is 37.1. The highest BCUT2D eigenvalue weighted by Crippen LogP contribution is 2.43. The summed E-state index contributed by atoms with van der Waals surface area (Å²) in [5, 5.41) is 14.3. The van der Waals surface area contributed by atoms with Gasteiger partial charge in [-0.2, -0.15) is 5.26 Å². The van der Waals surface area contributed by atoms with Crippen LogP contribution in [0.5, 0.6) is 6.01 Å². The first-order valence-electron chi connectivity index (χ1n) is 13.5. The van der Waals surface area contributed by atoms with Gasteiger partial charge in [-0.15, -0.1) is 0 Å². The zero-order chi connectivity index (χ0) is 28.6. The maximum Gasteiger partial charge on any atom is 0.316 e. The van der Waals surface area contributed by atoms with E-state index < -0.39 is 0 Å². The number of para-hydroxylation sites is 1. The lowest BCUT2D eigenvalue weighted by molar-refractivity contribution is 0.380. The van der Waals surface area contributed by atoms with Crippen molar-refractivity contribution < 1.29 is 4.74 Å². The minimum Gasteiger partial charge on any atom is -0.467 e. The Labute approximate surface area is 240 Å². The van der Waals surface area contributed by atoms with Gasteiger partial charge in [0, 0.05) is 23.3 Å². The summed E-state index contributed by atoms with van der Waals surface area (Å²) in [5.74, 6) is 1.42. The second-order valence-corrected chi connectivity index (χ2v) is 10.1. The average Bonchev–Trinajstić information content (AvgIpc) is 3.89. The van der Waals surface area contributed by atoms with Crippen LogP contribution in [0, 0.1) is 17.2 Å². The van der Waals surface area contributed by atoms with E-state index in [1.54, 1.807) is 29.1 Å². The number of nitrogens with one attached hydrogen (secondary N) is 1. The maximum atomic E-state index is 14.5. The molecule has 0 spiro atoms. The van der Waals surface area contributed by atoms with Crippen LogP contribution in [0.2, 0.25) is 0 Å². The number of nitriles is 1. The van der Waals surface area contributed by atoms with Crippen LogP contribution >= 0.6 is 0 Å². The second kappa shape index (κ2) is 10.4. The van der Waals surface area contributed by atoms with Gasteiger partial charge in [0.2, 0.25) is 0 Å². The molecule has 1 fully saturated rings. The Hall–Kier alpha value is -5.69. The first-order chi connectivity index (χ1) is 20.6. The highest BCUT2D eigenvalue weighted by Gasteiger charge is 2.37. The molecule has 10 nitrogen and oxygen atoms in total. The van der Waals surface area contributed by atoms with Crippen LogP contribution in [0.1, 0.15) is 30.3 Å². The quantitative estimate of drug-likeness (QED) is 0.283. The van der Waals surface area contributed by atoms with Gasteiger partial charge in [0.05, 0.1) is 46.9 Å². The minimum absolute atomic E-state index is 0.195. The van der Waals surface area contributed by atoms with Crippen molar-refractivity contribution in [2.75, 3.05) is 12.4 Å². The fraction of sp³-hybridized carbons (Fsp3) is 0.156. The van der Waals surface area contributed by atoms with Crippen LogP contribution in [-0.4, -0.2) is 36.6 Å². The van der Waals surface area contributed by atoms with Gasteiger partial charge in [-0.05, 0) is 60.7 Å². The van der Waals surface area contributed by atoms with Crippen LogP contribution in [0.3, 0.4) is 0 Å². The molecule has 1 unspecified atom stereocenters. The van der Waals surface area contributed by atoms with Gasteiger partial charge in [0.15, 0.2) is 0 Å². The van der Waals surface area contributed by atoms with Crippen LogP contribution < -0.4 is 15.6 Å². The van der Waals surface area contributed by atoms with E-state index in [2.05, 4.69) is 31.3 Å². The van der Waals surface area contributed by atoms with E-state index in [0.717, 1.165) is 23.7 Å². The van der Waals surface area contributed by atoms with Crippen molar-refractivity contribution in [3.05, 3.63) is 107 Å². The van der Waals surface area contributed by atoms with Gasteiger partial charge in [-0.1, -0.05) is 30.3 Å². The summed E-state index contributed by atoms with van der Waals surface area (Å²) in [7, 11) is 1.51. The largest absolute Gasteiger partial charge is 0.467 e. The molecule has 3 heterocycles. The van der Waals surface area contributed by atoms with Crippen LogP contribution in [0.4, 0.5) is 5.82 Å². The molecule has 1 aliphatic carbocycles. The molecule has 7 rings (SSSR count). The summed E-state index contributed by atoms with van der Waals surface area (Å²) < 4.78 is 6.81. The maximum absolute atomic E-state index is 14.5. The van der Waals surface area contributed by atoms with Crippen molar-refractivity contribution >= 4 is 27.6 Å². The molecule has 0 bridgehead atoms. The molecular formula is C32H24N8O2. The molecule has 0 saturated heterocycles. The third-order valence-electron chi connectivity index (χ3n) is 7.49. The number of rotatable bonds is 7. The van der Waals surface area contributed by atoms with Crippen LogP contribution in [0.15, 0.2) is 90.2 Å². The molecule has 3 aromatic heterocycles. The standard InChI is InChI=1S/C32H24N8O2/c1-42-32-34-16-21(17-35-32)23-8-5-9-26-27(23)31(41)40(22-6-3-2-4-7-22)30(38-26)28(20-11-12-20)39-29-24-14-19(15-33)10-13-25(24)36-18-37-29/h2-10,13-14,16-18,20,28H,11-12H2,1H3,(H,36,37,39). The zero-order valence-corrected chi connectivity index (χ0v) is 22.6. The van der Waals surface area contributed by atoms with E-state index in [4.69, 9.17) is 9.72 Å². The molecule has 1 aliphatic rings. The lowest BCUT2D eigenvalue weighted by atomic mass is 10.0. The highest BCUT2D eigenvalue weighted by molar-refractivity contribution is 5.94. The van der Waals surface area contributed by atoms with E-state index in [-0.39, 0.29) is 23.5 Å². The Bertz CT molecular complexity index is 2050. The molecule has 0 amide bonds. The Morgan fingerprint density at radius 2 is 1.79 bits per heavy atom. The van der Waals surface area contributed by atoms with Crippen LogP contribution in [-0.2, 0) is 0 Å². The normalized spacial score (nSPS) is 13.5. The van der Waals surface area contributed by atoms with E-state index >= 15 is 0 Å². The monoisotopic (exact) mass is 552 g/mol. The first kappa shape index (κ1) is 25.3. The second-order valence-electron chi connectivity index (χ2n) is 10.1. The number of aromatic nitrogens is 6. The fourth-order valence-corrected chi connectivity index (χ4v) is 5.30. The Morgan fingerprint density at radius 3 is 2.52 bits per heavy atom. The van der Waals surface area contributed by atoms with Crippen molar-refractivity contribution in [2.45, 2.75) is 18.9 Å². The van der Waals surface area contributed by atoms with Gasteiger partial charge in [0.25, 0.3) is 5.56 Å². The molecule has 204 valence electrons. The van der Waals surface area contributed by atoms with Crippen molar-refractivity contribution in [1.82, 2.24) is 29.5 Å². The Morgan fingerprint density at radius 1 is 0.976 bits per heavy atom. The number of anilines is 1. The fourth-order valence-electron chi connectivity index (χ4n) is 5.30. The topological polar surface area (TPSA) is 132 Å². The molecule has 0 radical (unpaired) electrons. The summed E-state index contributed by atoms with van der Waals surface area (Å²) in [5.41, 5.74) is 3.69. The number of nitrogens with zero attached hydrogens (tertiary/aromatic N) is 7. The van der Waals surface area contributed by atoms with Gasteiger partial charge in [-0.3, -0.25) is 9.36 Å². The number of benzene rings is 3. The molecule has 1 N–H and O–H groups in total. The van der Waals surface area contributed by atoms with Crippen molar-refractivity contribution in [3.8, 4) is 28.9 Å². The predicted octanol–water partition coefficient (Wildman–Crippen LogP) is 5.23. The van der Waals surface area contributed by atoms with E-state index in [1.165, 1.54) is 13.4 Å². The molecule has 42 heavy (non-hydrogen) atoms. The smallest absolute Gasteiger partial charge is 0.316 e. The number of methoxy groups -OCH3 is 1. The summed E-state index contributed by atoms with van der Waals surface area (Å²) in [6, 6.07) is 22.6. The van der Waals surface area contributed by atoms with Gasteiger partial charge in [-0.25, -0.2) is 24.9 Å². The lowest BCUT2D eigenvalue weighted by Gasteiger charge is -2.24. The molecular weight excluding hydrogens is 528 g/mol. The van der Waals surface area contributed by atoms with Gasteiger partial charge < -0.3 is 10.1 Å². The molecule has 3 aromatic carbocycles. The third-order valence-corrected chi connectivity index (χ3v) is 7.49. The van der Waals surface area contributed by atoms with Crippen molar-refractivity contribution in [3.63, 3.8) is 0 Å². The predicted molar refractivity (Wildman–Crippen MR) is 158 cm³/mol. The number of fused-ring (bicyclic) bond motifs is 2. The molecule has 10 heteroatoms.